The van der Waals surface area contributed by atoms with Gasteiger partial charge in [-0.25, -0.2) is 0 Å². The minimum atomic E-state index is -0.0455. The van der Waals surface area contributed by atoms with E-state index < -0.39 is 0 Å². The average Bonchev–Trinajstić information content (AvgIpc) is 3.93. The molecule has 0 fully saturated rings. The molecule has 2 aliphatic heterocycles. The smallest absolute Gasteiger partial charge is 0.252 e. The van der Waals surface area contributed by atoms with Crippen LogP contribution in [0.15, 0.2) is 156 Å². The normalized spacial score (nSPS) is 17.5. The van der Waals surface area contributed by atoms with Crippen LogP contribution in [0.3, 0.4) is 0 Å². The van der Waals surface area contributed by atoms with Crippen molar-refractivity contribution >= 4 is 96.2 Å². The van der Waals surface area contributed by atoms with Gasteiger partial charge in [-0.15, -0.1) is 0 Å². The summed E-state index contributed by atoms with van der Waals surface area (Å²) >= 11 is 0. The Morgan fingerprint density at radius 1 is 0.455 bits per heavy atom. The van der Waals surface area contributed by atoms with Crippen LogP contribution < -0.4 is 31.1 Å². The van der Waals surface area contributed by atoms with E-state index in [0.29, 0.717) is 0 Å². The Morgan fingerprint density at radius 3 is 1.64 bits per heavy atom. The number of hydrogen-bond donors (Lipinski definition) is 0. The summed E-state index contributed by atoms with van der Waals surface area (Å²) in [6.45, 7) is 35.7. The maximum atomic E-state index is 6.74. The Kier molecular flexibility index (Phi) is 10.6. The van der Waals surface area contributed by atoms with E-state index in [1.54, 1.807) is 0 Å². The summed E-state index contributed by atoms with van der Waals surface area (Å²) in [5.74, 6) is 0. The summed E-state index contributed by atoms with van der Waals surface area (Å²) in [5, 5.41) is 2.24. The van der Waals surface area contributed by atoms with Crippen molar-refractivity contribution in [2.45, 2.75) is 156 Å². The number of furan rings is 1. The minimum Gasteiger partial charge on any atom is -0.456 e. The van der Waals surface area contributed by atoms with Crippen LogP contribution in [-0.2, 0) is 32.5 Å². The molecule has 1 aromatic heterocycles. The van der Waals surface area contributed by atoms with Crippen molar-refractivity contribution in [1.82, 2.24) is 0 Å². The van der Waals surface area contributed by atoms with Crippen LogP contribution in [0.5, 0.6) is 0 Å². The predicted octanol–water partition coefficient (Wildman–Crippen LogP) is 18.3. The molecule has 4 aliphatic rings. The maximum absolute atomic E-state index is 6.74. The predicted molar refractivity (Wildman–Crippen MR) is 331 cm³/mol. The Hall–Kier alpha value is -6.98. The number of para-hydroxylation sites is 1. The number of benzene rings is 8. The number of anilines is 9. The fourth-order valence-electron chi connectivity index (χ4n) is 14.6. The first-order chi connectivity index (χ1) is 36.3. The van der Waals surface area contributed by atoms with Gasteiger partial charge in [-0.3, -0.25) is 0 Å². The molecule has 3 heterocycles. The highest BCUT2D eigenvalue weighted by Gasteiger charge is 2.49. The van der Waals surface area contributed by atoms with Crippen molar-refractivity contribution < 1.29 is 4.42 Å². The zero-order chi connectivity index (χ0) is 54.1. The second-order valence-corrected chi connectivity index (χ2v) is 28.1. The van der Waals surface area contributed by atoms with Gasteiger partial charge in [0, 0.05) is 50.9 Å². The largest absolute Gasteiger partial charge is 0.456 e. The Morgan fingerprint density at radius 2 is 1.00 bits per heavy atom. The summed E-state index contributed by atoms with van der Waals surface area (Å²) in [6, 6.07) is 58.9. The molecule has 2 aliphatic carbocycles. The lowest BCUT2D eigenvalue weighted by atomic mass is 9.33. The van der Waals surface area contributed by atoms with E-state index in [0.717, 1.165) is 57.5 Å². The maximum Gasteiger partial charge on any atom is 0.252 e. The standard InChI is InChI=1S/C72H76BN3O/c1-44-37-61-66-62(38-44)76(58-20-18-22-64-65(58)51-19-16-17-21-63(51)77-64)59-40-50(74(47-27-23-45(24-28-47)67(2,3)4)48-29-25-46(26-30-48)68(5,6)7)32-34-56(59)73(66)57-41-54-55(72(14,15)43-71(54,12)13)42-60(57)75(61)49-31-33-52-53(39-49)70(10,11)36-35-69(52,8)9/h16-34,37-42H,35-36,43H2,1-15H3. The van der Waals surface area contributed by atoms with Gasteiger partial charge >= 0.3 is 0 Å². The molecule has 0 radical (unpaired) electrons. The van der Waals surface area contributed by atoms with Crippen molar-refractivity contribution in [3.8, 4) is 0 Å². The molecule has 9 aromatic rings. The molecule has 13 rings (SSSR count). The second-order valence-electron chi connectivity index (χ2n) is 28.1. The average molecular weight is 1010 g/mol. The van der Waals surface area contributed by atoms with Crippen LogP contribution in [0.2, 0.25) is 0 Å². The number of rotatable bonds is 5. The fourth-order valence-corrected chi connectivity index (χ4v) is 14.6. The molecule has 4 nitrogen and oxygen atoms in total. The highest BCUT2D eigenvalue weighted by Crippen LogP contribution is 2.55. The lowest BCUT2D eigenvalue weighted by Crippen LogP contribution is -2.61. The molecular weight excluding hydrogens is 934 g/mol. The van der Waals surface area contributed by atoms with Crippen molar-refractivity contribution in [2.24, 2.45) is 0 Å². The molecular formula is C72H76BN3O. The van der Waals surface area contributed by atoms with Crippen LogP contribution in [0.1, 0.15) is 155 Å². The number of nitrogens with zero attached hydrogens (tertiary/aromatic N) is 3. The van der Waals surface area contributed by atoms with Gasteiger partial charge in [0.05, 0.1) is 11.1 Å². The lowest BCUT2D eigenvalue weighted by molar-refractivity contribution is 0.332. The van der Waals surface area contributed by atoms with Gasteiger partial charge in [-0.2, -0.15) is 0 Å². The minimum absolute atomic E-state index is 0.00740. The molecule has 0 spiro atoms. The number of hydrogen-bond acceptors (Lipinski definition) is 4. The van der Waals surface area contributed by atoms with Crippen molar-refractivity contribution in [3.05, 3.63) is 191 Å². The fraction of sp³-hybridized carbons (Fsp3) is 0.333. The summed E-state index contributed by atoms with van der Waals surface area (Å²) in [5.41, 5.74) is 26.4. The molecule has 8 aromatic carbocycles. The van der Waals surface area contributed by atoms with Gasteiger partial charge in [0.15, 0.2) is 0 Å². The molecule has 0 atom stereocenters. The van der Waals surface area contributed by atoms with E-state index in [2.05, 4.69) is 270 Å². The topological polar surface area (TPSA) is 22.9 Å². The van der Waals surface area contributed by atoms with E-state index in [4.69, 9.17) is 4.42 Å². The Bertz CT molecular complexity index is 3830. The first-order valence-corrected chi connectivity index (χ1v) is 28.5. The molecule has 0 N–H and O–H groups in total. The van der Waals surface area contributed by atoms with E-state index in [1.165, 1.54) is 90.2 Å². The molecule has 0 saturated carbocycles. The van der Waals surface area contributed by atoms with E-state index in [-0.39, 0.29) is 39.2 Å². The van der Waals surface area contributed by atoms with Crippen LogP contribution in [0.4, 0.5) is 51.2 Å². The summed E-state index contributed by atoms with van der Waals surface area (Å²) in [7, 11) is 0. The van der Waals surface area contributed by atoms with Crippen molar-refractivity contribution in [1.29, 1.82) is 0 Å². The van der Waals surface area contributed by atoms with Crippen molar-refractivity contribution in [2.75, 3.05) is 14.7 Å². The SMILES string of the molecule is Cc1cc2c3c(c1)N(c1cccc4oc5ccccc5c14)c1cc(N(c4ccc(C(C)(C)C)cc4)c4ccc(C(C)(C)C)cc4)ccc1B3c1cc3c(cc1N2c1ccc2c(c1)C(C)(C)CCC2(C)C)C(C)(C)CC3(C)C. The first kappa shape index (κ1) is 49.6. The third kappa shape index (κ3) is 7.67. The van der Waals surface area contributed by atoms with E-state index in [9.17, 15) is 0 Å². The third-order valence-corrected chi connectivity index (χ3v) is 18.6. The molecule has 0 saturated heterocycles. The Balaban J connectivity index is 1.12. The summed E-state index contributed by atoms with van der Waals surface area (Å²) in [6.07, 6.45) is 3.45. The summed E-state index contributed by atoms with van der Waals surface area (Å²) < 4.78 is 6.74. The molecule has 5 heteroatoms. The van der Waals surface area contributed by atoms with Gasteiger partial charge in [-0.05, 0) is 199 Å². The zero-order valence-corrected chi connectivity index (χ0v) is 48.4. The van der Waals surface area contributed by atoms with Gasteiger partial charge in [0.1, 0.15) is 11.2 Å². The van der Waals surface area contributed by atoms with Gasteiger partial charge in [-0.1, -0.05) is 164 Å². The quantitative estimate of drug-likeness (QED) is 0.160. The van der Waals surface area contributed by atoms with Crippen LogP contribution in [0, 0.1) is 6.92 Å². The third-order valence-electron chi connectivity index (χ3n) is 18.6. The van der Waals surface area contributed by atoms with Crippen LogP contribution in [0.25, 0.3) is 21.9 Å². The first-order valence-electron chi connectivity index (χ1n) is 28.5. The molecule has 77 heavy (non-hydrogen) atoms. The van der Waals surface area contributed by atoms with E-state index in [1.807, 2.05) is 0 Å². The molecule has 0 amide bonds. The van der Waals surface area contributed by atoms with Crippen molar-refractivity contribution in [3.63, 3.8) is 0 Å². The number of aryl methyl sites for hydroxylation is 1. The molecule has 0 bridgehead atoms. The number of fused-ring (bicyclic) bond motifs is 9. The van der Waals surface area contributed by atoms with Crippen LogP contribution in [-0.4, -0.2) is 6.71 Å². The lowest BCUT2D eigenvalue weighted by Gasteiger charge is -2.46. The second kappa shape index (κ2) is 16.5. The molecule has 388 valence electrons. The summed E-state index contributed by atoms with van der Waals surface area (Å²) in [4.78, 5) is 7.75. The van der Waals surface area contributed by atoms with Crippen LogP contribution >= 0.6 is 0 Å². The zero-order valence-electron chi connectivity index (χ0n) is 48.4. The molecule has 0 unspecified atom stereocenters. The van der Waals surface area contributed by atoms with Gasteiger partial charge in [0.2, 0.25) is 0 Å². The van der Waals surface area contributed by atoms with E-state index >= 15 is 0 Å². The monoisotopic (exact) mass is 1010 g/mol. The Labute approximate surface area is 459 Å². The highest BCUT2D eigenvalue weighted by atomic mass is 16.3. The highest BCUT2D eigenvalue weighted by molar-refractivity contribution is 7.00. The van der Waals surface area contributed by atoms with Gasteiger partial charge < -0.3 is 19.1 Å². The van der Waals surface area contributed by atoms with Gasteiger partial charge in [0.25, 0.3) is 6.71 Å².